The first kappa shape index (κ1) is 13.4. The van der Waals surface area contributed by atoms with Crippen LogP contribution in [0.15, 0.2) is 47.1 Å². The van der Waals surface area contributed by atoms with Crippen molar-refractivity contribution in [3.05, 3.63) is 54.0 Å². The van der Waals surface area contributed by atoms with Gasteiger partial charge in [0.1, 0.15) is 5.76 Å². The summed E-state index contributed by atoms with van der Waals surface area (Å²) >= 11 is 0. The lowest BCUT2D eigenvalue weighted by Crippen LogP contribution is -2.29. The normalized spacial score (nSPS) is 10.7. The van der Waals surface area contributed by atoms with Gasteiger partial charge in [0.15, 0.2) is 0 Å². The lowest BCUT2D eigenvalue weighted by atomic mass is 10.2. The van der Waals surface area contributed by atoms with Gasteiger partial charge >= 0.3 is 0 Å². The summed E-state index contributed by atoms with van der Waals surface area (Å²) in [5.41, 5.74) is 1.92. The minimum Gasteiger partial charge on any atom is -0.468 e. The lowest BCUT2D eigenvalue weighted by Gasteiger charge is -2.15. The Morgan fingerprint density at radius 1 is 1.26 bits per heavy atom. The molecule has 19 heavy (non-hydrogen) atoms. The fourth-order valence-corrected chi connectivity index (χ4v) is 1.87. The van der Waals surface area contributed by atoms with Gasteiger partial charge in [-0.3, -0.25) is 9.69 Å². The first-order chi connectivity index (χ1) is 9.15. The molecule has 1 aromatic carbocycles. The Balaban J connectivity index is 1.86. The Morgan fingerprint density at radius 3 is 2.74 bits per heavy atom. The minimum absolute atomic E-state index is 0.0247. The van der Waals surface area contributed by atoms with Crippen molar-refractivity contribution in [3.63, 3.8) is 0 Å². The molecule has 0 fully saturated rings. The summed E-state index contributed by atoms with van der Waals surface area (Å²) in [6.45, 7) is 2.92. The molecule has 1 aromatic heterocycles. The smallest absolute Gasteiger partial charge is 0.238 e. The number of amides is 1. The summed E-state index contributed by atoms with van der Waals surface area (Å²) in [5.74, 6) is 0.828. The third-order valence-corrected chi connectivity index (χ3v) is 2.84. The highest BCUT2D eigenvalue weighted by Gasteiger charge is 2.09. The van der Waals surface area contributed by atoms with E-state index < -0.39 is 0 Å². The summed E-state index contributed by atoms with van der Waals surface area (Å²) in [6.07, 6.45) is 1.64. The Bertz CT molecular complexity index is 535. The Morgan fingerprint density at radius 2 is 2.05 bits per heavy atom. The number of nitrogens with zero attached hydrogens (tertiary/aromatic N) is 1. The number of hydrogen-bond donors (Lipinski definition) is 1. The van der Waals surface area contributed by atoms with Crippen LogP contribution < -0.4 is 5.32 Å². The fourth-order valence-electron chi connectivity index (χ4n) is 1.87. The zero-order chi connectivity index (χ0) is 13.7. The van der Waals surface area contributed by atoms with Crippen molar-refractivity contribution >= 4 is 11.6 Å². The Hall–Kier alpha value is -2.07. The first-order valence-electron chi connectivity index (χ1n) is 6.21. The quantitative estimate of drug-likeness (QED) is 0.896. The van der Waals surface area contributed by atoms with Gasteiger partial charge in [-0.2, -0.15) is 0 Å². The molecule has 0 atom stereocenters. The Kier molecular flexibility index (Phi) is 4.36. The van der Waals surface area contributed by atoms with Crippen LogP contribution in [0.5, 0.6) is 0 Å². The van der Waals surface area contributed by atoms with Gasteiger partial charge in [-0.15, -0.1) is 0 Å². The van der Waals surface area contributed by atoms with E-state index in [0.29, 0.717) is 13.1 Å². The van der Waals surface area contributed by atoms with Gasteiger partial charge < -0.3 is 9.73 Å². The molecular weight excluding hydrogens is 240 g/mol. The second-order valence-electron chi connectivity index (χ2n) is 4.61. The Labute approximate surface area is 113 Å². The van der Waals surface area contributed by atoms with E-state index in [0.717, 1.165) is 17.0 Å². The van der Waals surface area contributed by atoms with Crippen LogP contribution in [0.2, 0.25) is 0 Å². The maximum atomic E-state index is 11.9. The van der Waals surface area contributed by atoms with Crippen LogP contribution in [0.1, 0.15) is 11.3 Å². The molecule has 4 heteroatoms. The number of likely N-dealkylation sites (N-methyl/N-ethyl adjacent to an activating group) is 1. The molecule has 1 N–H and O–H groups in total. The molecule has 0 saturated carbocycles. The van der Waals surface area contributed by atoms with E-state index >= 15 is 0 Å². The van der Waals surface area contributed by atoms with Crippen molar-refractivity contribution in [2.45, 2.75) is 13.5 Å². The van der Waals surface area contributed by atoms with Crippen LogP contribution >= 0.6 is 0 Å². The number of nitrogens with one attached hydrogen (secondary N) is 1. The van der Waals surface area contributed by atoms with Gasteiger partial charge in [-0.05, 0) is 37.7 Å². The van der Waals surface area contributed by atoms with Crippen LogP contribution in [0.25, 0.3) is 0 Å². The fraction of sp³-hybridized carbons (Fsp3) is 0.267. The number of carbonyl (C=O) groups is 1. The molecule has 0 radical (unpaired) electrons. The number of rotatable bonds is 5. The lowest BCUT2D eigenvalue weighted by molar-refractivity contribution is -0.117. The van der Waals surface area contributed by atoms with Crippen LogP contribution in [0.4, 0.5) is 5.69 Å². The van der Waals surface area contributed by atoms with Gasteiger partial charge in [0, 0.05) is 5.69 Å². The average Bonchev–Trinajstić information content (AvgIpc) is 2.84. The summed E-state index contributed by atoms with van der Waals surface area (Å²) in [5, 5.41) is 2.91. The molecule has 0 saturated heterocycles. The SMILES string of the molecule is Cc1ccccc1NC(=O)CN(C)Cc1ccco1. The molecule has 4 nitrogen and oxygen atoms in total. The molecule has 1 amide bonds. The van der Waals surface area contributed by atoms with Crippen molar-refractivity contribution in [2.75, 3.05) is 18.9 Å². The molecule has 2 rings (SSSR count). The highest BCUT2D eigenvalue weighted by atomic mass is 16.3. The number of hydrogen-bond acceptors (Lipinski definition) is 3. The van der Waals surface area contributed by atoms with Crippen molar-refractivity contribution < 1.29 is 9.21 Å². The molecule has 0 bridgehead atoms. The van der Waals surface area contributed by atoms with Crippen molar-refractivity contribution in [2.24, 2.45) is 0 Å². The zero-order valence-corrected chi connectivity index (χ0v) is 11.2. The number of para-hydroxylation sites is 1. The van der Waals surface area contributed by atoms with E-state index in [2.05, 4.69) is 5.32 Å². The molecule has 0 spiro atoms. The number of benzene rings is 1. The van der Waals surface area contributed by atoms with Gasteiger partial charge in [0.25, 0.3) is 0 Å². The predicted molar refractivity (Wildman–Crippen MR) is 74.9 cm³/mol. The highest BCUT2D eigenvalue weighted by Crippen LogP contribution is 2.13. The molecular formula is C15H18N2O2. The van der Waals surface area contributed by atoms with Crippen LogP contribution in [-0.2, 0) is 11.3 Å². The van der Waals surface area contributed by atoms with E-state index in [1.807, 2.05) is 55.3 Å². The maximum Gasteiger partial charge on any atom is 0.238 e. The summed E-state index contributed by atoms with van der Waals surface area (Å²) in [7, 11) is 1.89. The summed E-state index contributed by atoms with van der Waals surface area (Å²) in [4.78, 5) is 13.8. The summed E-state index contributed by atoms with van der Waals surface area (Å²) < 4.78 is 5.25. The molecule has 100 valence electrons. The molecule has 0 aliphatic heterocycles. The average molecular weight is 258 g/mol. The second kappa shape index (κ2) is 6.20. The van der Waals surface area contributed by atoms with E-state index in [1.165, 1.54) is 0 Å². The number of aryl methyl sites for hydroxylation is 1. The van der Waals surface area contributed by atoms with E-state index in [-0.39, 0.29) is 5.91 Å². The second-order valence-corrected chi connectivity index (χ2v) is 4.61. The zero-order valence-electron chi connectivity index (χ0n) is 11.2. The highest BCUT2D eigenvalue weighted by molar-refractivity contribution is 5.92. The van der Waals surface area contributed by atoms with E-state index in [9.17, 15) is 4.79 Å². The van der Waals surface area contributed by atoms with Crippen molar-refractivity contribution in [1.82, 2.24) is 4.90 Å². The van der Waals surface area contributed by atoms with Gasteiger partial charge in [-0.25, -0.2) is 0 Å². The van der Waals surface area contributed by atoms with E-state index in [1.54, 1.807) is 6.26 Å². The third kappa shape index (κ3) is 3.96. The standard InChI is InChI=1S/C15H18N2O2/c1-12-6-3-4-8-14(12)16-15(18)11-17(2)10-13-7-5-9-19-13/h3-9H,10-11H2,1-2H3,(H,16,18). The van der Waals surface area contributed by atoms with Crippen molar-refractivity contribution in [3.8, 4) is 0 Å². The molecule has 2 aromatic rings. The summed E-state index contributed by atoms with van der Waals surface area (Å²) in [6, 6.07) is 11.5. The van der Waals surface area contributed by atoms with Gasteiger partial charge in [0.05, 0.1) is 19.4 Å². The minimum atomic E-state index is -0.0247. The topological polar surface area (TPSA) is 45.5 Å². The van der Waals surface area contributed by atoms with Crippen LogP contribution in [0, 0.1) is 6.92 Å². The first-order valence-corrected chi connectivity index (χ1v) is 6.21. The van der Waals surface area contributed by atoms with Gasteiger partial charge in [0.2, 0.25) is 5.91 Å². The number of furan rings is 1. The van der Waals surface area contributed by atoms with E-state index in [4.69, 9.17) is 4.42 Å². The van der Waals surface area contributed by atoms with Crippen molar-refractivity contribution in [1.29, 1.82) is 0 Å². The third-order valence-electron chi connectivity index (χ3n) is 2.84. The monoisotopic (exact) mass is 258 g/mol. The van der Waals surface area contributed by atoms with Crippen LogP contribution in [-0.4, -0.2) is 24.4 Å². The number of anilines is 1. The predicted octanol–water partition coefficient (Wildman–Crippen LogP) is 2.66. The van der Waals surface area contributed by atoms with Crippen LogP contribution in [0.3, 0.4) is 0 Å². The molecule has 1 heterocycles. The molecule has 0 unspecified atom stereocenters. The molecule has 0 aliphatic carbocycles. The largest absolute Gasteiger partial charge is 0.468 e. The maximum absolute atomic E-state index is 11.9. The molecule has 0 aliphatic rings. The van der Waals surface area contributed by atoms with Gasteiger partial charge in [-0.1, -0.05) is 18.2 Å². The number of carbonyl (C=O) groups excluding carboxylic acids is 1.